The molecule has 1 atom stereocenters. The number of aliphatic carboxylic acids is 1. The van der Waals surface area contributed by atoms with Crippen LogP contribution >= 0.6 is 0 Å². The summed E-state index contributed by atoms with van der Waals surface area (Å²) in [5.41, 5.74) is 4.42. The zero-order chi connectivity index (χ0) is 11.6. The number of nitro benzene ring substituents is 1. The number of carbonyl (C=O) groups is 1. The number of nitrogens with zero attached hydrogens (tertiary/aromatic N) is 1. The minimum atomic E-state index is -1.52. The van der Waals surface area contributed by atoms with Gasteiger partial charge in [-0.2, -0.15) is 0 Å². The molecule has 0 heterocycles. The molecule has 1 aromatic rings. The molecule has 0 radical (unpaired) electrons. The molecule has 0 spiro atoms. The first-order valence-corrected chi connectivity index (χ1v) is 3.85. The highest BCUT2D eigenvalue weighted by molar-refractivity contribution is 5.75. The van der Waals surface area contributed by atoms with Crippen LogP contribution in [0.15, 0.2) is 18.2 Å². The normalized spacial score (nSPS) is 12.1. The molecule has 0 aromatic heterocycles. The van der Waals surface area contributed by atoms with Crippen LogP contribution in [0.5, 0.6) is 0 Å². The molecule has 0 bridgehead atoms. The fourth-order valence-electron chi connectivity index (χ4n) is 1.01. The van der Waals surface area contributed by atoms with E-state index < -0.39 is 28.4 Å². The topological polar surface area (TPSA) is 106 Å². The van der Waals surface area contributed by atoms with Gasteiger partial charge in [-0.25, -0.2) is 4.39 Å². The van der Waals surface area contributed by atoms with E-state index in [-0.39, 0.29) is 5.56 Å². The van der Waals surface area contributed by atoms with Crippen LogP contribution in [0.25, 0.3) is 0 Å². The minimum absolute atomic E-state index is 0.284. The van der Waals surface area contributed by atoms with E-state index in [0.717, 1.165) is 12.1 Å². The van der Waals surface area contributed by atoms with Crippen molar-refractivity contribution in [2.45, 2.75) is 6.04 Å². The SMILES string of the molecule is NC(C(=O)O)c1ccc([N+](=O)[O-])cc1F. The fraction of sp³-hybridized carbons (Fsp3) is 0.125. The number of hydrogen-bond acceptors (Lipinski definition) is 4. The van der Waals surface area contributed by atoms with Crippen molar-refractivity contribution in [3.05, 3.63) is 39.7 Å². The smallest absolute Gasteiger partial charge is 0.325 e. The third-order valence-electron chi connectivity index (χ3n) is 1.80. The van der Waals surface area contributed by atoms with Crippen molar-refractivity contribution in [2.75, 3.05) is 0 Å². The van der Waals surface area contributed by atoms with E-state index >= 15 is 0 Å². The van der Waals surface area contributed by atoms with E-state index in [1.807, 2.05) is 0 Å². The molecule has 0 aliphatic heterocycles. The second kappa shape index (κ2) is 4.01. The van der Waals surface area contributed by atoms with Gasteiger partial charge in [-0.3, -0.25) is 14.9 Å². The van der Waals surface area contributed by atoms with Crippen LogP contribution in [0.3, 0.4) is 0 Å². The Kier molecular flexibility index (Phi) is 2.96. The van der Waals surface area contributed by atoms with E-state index in [2.05, 4.69) is 0 Å². The molecule has 7 heteroatoms. The predicted molar refractivity (Wildman–Crippen MR) is 47.6 cm³/mol. The van der Waals surface area contributed by atoms with Crippen molar-refractivity contribution in [1.29, 1.82) is 0 Å². The summed E-state index contributed by atoms with van der Waals surface area (Å²) in [5.74, 6) is -2.40. The van der Waals surface area contributed by atoms with Crippen molar-refractivity contribution < 1.29 is 19.2 Å². The van der Waals surface area contributed by atoms with Crippen LogP contribution < -0.4 is 5.73 Å². The summed E-state index contributed by atoms with van der Waals surface area (Å²) in [4.78, 5) is 19.9. The van der Waals surface area contributed by atoms with Crippen LogP contribution in [0.2, 0.25) is 0 Å². The Morgan fingerprint density at radius 1 is 1.60 bits per heavy atom. The lowest BCUT2D eigenvalue weighted by molar-refractivity contribution is -0.385. The Labute approximate surface area is 83.3 Å². The third-order valence-corrected chi connectivity index (χ3v) is 1.80. The molecule has 0 saturated carbocycles. The van der Waals surface area contributed by atoms with Gasteiger partial charge in [0.05, 0.1) is 11.0 Å². The summed E-state index contributed by atoms with van der Waals surface area (Å²) in [6, 6.07) is 1.11. The molecule has 0 saturated heterocycles. The standard InChI is InChI=1S/C8H7FN2O4/c9-6-3-4(11(14)15)1-2-5(6)7(10)8(12)13/h1-3,7H,10H2,(H,12,13). The quantitative estimate of drug-likeness (QED) is 0.572. The van der Waals surface area contributed by atoms with Gasteiger partial charge in [0, 0.05) is 11.6 Å². The van der Waals surface area contributed by atoms with Gasteiger partial charge in [0.15, 0.2) is 0 Å². The molecule has 0 aliphatic carbocycles. The summed E-state index contributed by atoms with van der Waals surface area (Å²) < 4.78 is 13.2. The Morgan fingerprint density at radius 2 is 2.20 bits per heavy atom. The molecule has 15 heavy (non-hydrogen) atoms. The Balaban J connectivity index is 3.13. The van der Waals surface area contributed by atoms with Crippen molar-refractivity contribution >= 4 is 11.7 Å². The van der Waals surface area contributed by atoms with Crippen molar-refractivity contribution in [1.82, 2.24) is 0 Å². The number of non-ortho nitro benzene ring substituents is 1. The van der Waals surface area contributed by atoms with Crippen LogP contribution in [-0.4, -0.2) is 16.0 Å². The maximum Gasteiger partial charge on any atom is 0.325 e. The van der Waals surface area contributed by atoms with Crippen LogP contribution in [-0.2, 0) is 4.79 Å². The first-order chi connectivity index (χ1) is 6.93. The highest BCUT2D eigenvalue weighted by Gasteiger charge is 2.20. The lowest BCUT2D eigenvalue weighted by atomic mass is 10.1. The van der Waals surface area contributed by atoms with Gasteiger partial charge in [0.25, 0.3) is 5.69 Å². The third kappa shape index (κ3) is 2.26. The van der Waals surface area contributed by atoms with Crippen molar-refractivity contribution in [2.24, 2.45) is 5.73 Å². The first-order valence-electron chi connectivity index (χ1n) is 3.85. The van der Waals surface area contributed by atoms with Gasteiger partial charge >= 0.3 is 5.97 Å². The van der Waals surface area contributed by atoms with Crippen LogP contribution in [0.4, 0.5) is 10.1 Å². The van der Waals surface area contributed by atoms with Gasteiger partial charge in [-0.1, -0.05) is 0 Å². The monoisotopic (exact) mass is 214 g/mol. The minimum Gasteiger partial charge on any atom is -0.480 e. The lowest BCUT2D eigenvalue weighted by Gasteiger charge is -2.07. The first kappa shape index (κ1) is 11.1. The molecule has 0 aliphatic rings. The van der Waals surface area contributed by atoms with Crippen LogP contribution in [0, 0.1) is 15.9 Å². The van der Waals surface area contributed by atoms with E-state index in [9.17, 15) is 19.3 Å². The number of carboxylic acid groups (broad SMARTS) is 1. The molecule has 1 aromatic carbocycles. The number of rotatable bonds is 3. The highest BCUT2D eigenvalue weighted by Crippen LogP contribution is 2.20. The Bertz CT molecular complexity index is 421. The number of nitro groups is 1. The molecule has 1 unspecified atom stereocenters. The van der Waals surface area contributed by atoms with E-state index in [0.29, 0.717) is 6.07 Å². The maximum atomic E-state index is 13.2. The van der Waals surface area contributed by atoms with Gasteiger partial charge in [-0.05, 0) is 6.07 Å². The number of halogens is 1. The van der Waals surface area contributed by atoms with Crippen molar-refractivity contribution in [3.8, 4) is 0 Å². The molecule has 6 nitrogen and oxygen atoms in total. The van der Waals surface area contributed by atoms with Gasteiger partial charge in [0.2, 0.25) is 0 Å². The van der Waals surface area contributed by atoms with E-state index in [1.165, 1.54) is 0 Å². The summed E-state index contributed by atoms with van der Waals surface area (Å²) in [6.07, 6.45) is 0. The second-order valence-electron chi connectivity index (χ2n) is 2.78. The maximum absolute atomic E-state index is 13.2. The Hall–Kier alpha value is -2.02. The molecular weight excluding hydrogens is 207 g/mol. The molecule has 3 N–H and O–H groups in total. The molecular formula is C8H7FN2O4. The second-order valence-corrected chi connectivity index (χ2v) is 2.78. The summed E-state index contributed by atoms with van der Waals surface area (Å²) >= 11 is 0. The lowest BCUT2D eigenvalue weighted by Crippen LogP contribution is -2.21. The van der Waals surface area contributed by atoms with Gasteiger partial charge < -0.3 is 10.8 Å². The number of benzene rings is 1. The number of hydrogen-bond donors (Lipinski definition) is 2. The fourth-order valence-corrected chi connectivity index (χ4v) is 1.01. The molecule has 80 valence electrons. The summed E-state index contributed by atoms with van der Waals surface area (Å²) in [7, 11) is 0. The van der Waals surface area contributed by atoms with Crippen molar-refractivity contribution in [3.63, 3.8) is 0 Å². The zero-order valence-corrected chi connectivity index (χ0v) is 7.38. The molecule has 0 amide bonds. The Morgan fingerprint density at radius 3 is 2.60 bits per heavy atom. The van der Waals surface area contributed by atoms with E-state index in [1.54, 1.807) is 0 Å². The van der Waals surface area contributed by atoms with Gasteiger partial charge in [-0.15, -0.1) is 0 Å². The largest absolute Gasteiger partial charge is 0.480 e. The summed E-state index contributed by atoms with van der Waals surface area (Å²) in [6.45, 7) is 0. The molecule has 1 rings (SSSR count). The van der Waals surface area contributed by atoms with Gasteiger partial charge in [0.1, 0.15) is 11.9 Å². The summed E-state index contributed by atoms with van der Waals surface area (Å²) in [5, 5.41) is 18.8. The average molecular weight is 214 g/mol. The predicted octanol–water partition coefficient (Wildman–Crippen LogP) is 0.818. The highest BCUT2D eigenvalue weighted by atomic mass is 19.1. The average Bonchev–Trinajstić information content (AvgIpc) is 2.16. The van der Waals surface area contributed by atoms with E-state index in [4.69, 9.17) is 10.8 Å². The molecule has 0 fully saturated rings. The van der Waals surface area contributed by atoms with Crippen LogP contribution in [0.1, 0.15) is 11.6 Å². The number of carboxylic acids is 1. The number of nitrogens with two attached hydrogens (primary N) is 1. The zero-order valence-electron chi connectivity index (χ0n) is 7.38.